The highest BCUT2D eigenvalue weighted by atomic mass is 79.9. The van der Waals surface area contributed by atoms with Gasteiger partial charge in [0.1, 0.15) is 0 Å². The van der Waals surface area contributed by atoms with Gasteiger partial charge >= 0.3 is 12.0 Å². The van der Waals surface area contributed by atoms with Crippen LogP contribution in [0, 0.1) is 5.41 Å². The van der Waals surface area contributed by atoms with E-state index in [1.54, 1.807) is 24.3 Å². The molecule has 0 unspecified atom stereocenters. The second-order valence-corrected chi connectivity index (χ2v) is 7.22. The van der Waals surface area contributed by atoms with Gasteiger partial charge in [0.05, 0.1) is 19.1 Å². The fourth-order valence-corrected chi connectivity index (χ4v) is 3.34. The summed E-state index contributed by atoms with van der Waals surface area (Å²) in [5.41, 5.74) is -0.182. The molecule has 0 aliphatic rings. The van der Waals surface area contributed by atoms with Crippen LogP contribution in [0.3, 0.4) is 0 Å². The van der Waals surface area contributed by atoms with Gasteiger partial charge in [-0.2, -0.15) is 0 Å². The highest BCUT2D eigenvalue weighted by Crippen LogP contribution is 2.35. The van der Waals surface area contributed by atoms with E-state index in [1.807, 2.05) is 13.8 Å². The molecule has 0 radical (unpaired) electrons. The number of methoxy groups -OCH3 is 1. The van der Waals surface area contributed by atoms with Crippen LogP contribution in [0.2, 0.25) is 0 Å². The van der Waals surface area contributed by atoms with Crippen molar-refractivity contribution in [1.29, 1.82) is 0 Å². The smallest absolute Gasteiger partial charge is 0.319 e. The van der Waals surface area contributed by atoms with Gasteiger partial charge in [-0.15, -0.1) is 0 Å². The number of Topliss-reactive ketones (excluding diaryl/α,β-unsaturated/α-hetero) is 1. The number of esters is 1. The monoisotopic (exact) mass is 426 g/mol. The molecule has 1 aromatic rings. The van der Waals surface area contributed by atoms with Crippen LogP contribution in [0.1, 0.15) is 46.0 Å². The van der Waals surface area contributed by atoms with Crippen molar-refractivity contribution in [2.75, 3.05) is 19.0 Å². The third kappa shape index (κ3) is 6.78. The van der Waals surface area contributed by atoms with Crippen molar-refractivity contribution in [1.82, 2.24) is 5.32 Å². The molecule has 0 heterocycles. The first-order valence-corrected chi connectivity index (χ1v) is 9.56. The standard InChI is InChI=1S/C19H27BrN2O4/c1-4-10-19(11-5-2,17(24)26-3)12-16(23)13-21-18(25)22-15-8-6-14(20)7-9-15/h6-9H,4-5,10-13H2,1-3H3,(H2,21,22,25). The molecule has 0 bridgehead atoms. The number of amides is 2. The number of hydrogen-bond donors (Lipinski definition) is 2. The number of halogens is 1. The average molecular weight is 427 g/mol. The second-order valence-electron chi connectivity index (χ2n) is 6.30. The van der Waals surface area contributed by atoms with Gasteiger partial charge in [-0.1, -0.05) is 42.6 Å². The molecule has 144 valence electrons. The zero-order chi connectivity index (χ0) is 19.6. The summed E-state index contributed by atoms with van der Waals surface area (Å²) >= 11 is 3.32. The van der Waals surface area contributed by atoms with Gasteiger partial charge in [-0.05, 0) is 37.1 Å². The highest BCUT2D eigenvalue weighted by Gasteiger charge is 2.39. The number of nitrogens with one attached hydrogen (secondary N) is 2. The van der Waals surface area contributed by atoms with E-state index in [0.29, 0.717) is 18.5 Å². The average Bonchev–Trinajstić information content (AvgIpc) is 2.61. The zero-order valence-electron chi connectivity index (χ0n) is 15.6. The Balaban J connectivity index is 2.62. The summed E-state index contributed by atoms with van der Waals surface area (Å²) in [4.78, 5) is 36.6. The first-order chi connectivity index (χ1) is 12.4. The molecule has 2 N–H and O–H groups in total. The highest BCUT2D eigenvalue weighted by molar-refractivity contribution is 9.10. The molecule has 6 nitrogen and oxygen atoms in total. The van der Waals surface area contributed by atoms with Crippen LogP contribution < -0.4 is 10.6 Å². The normalized spacial score (nSPS) is 10.9. The lowest BCUT2D eigenvalue weighted by molar-refractivity contribution is -0.156. The Kier molecular flexibility index (Phi) is 9.34. The minimum atomic E-state index is -0.806. The maximum atomic E-state index is 12.4. The second kappa shape index (κ2) is 11.0. The van der Waals surface area contributed by atoms with Crippen molar-refractivity contribution in [3.05, 3.63) is 28.7 Å². The van der Waals surface area contributed by atoms with Crippen molar-refractivity contribution >= 4 is 39.4 Å². The number of ether oxygens (including phenoxy) is 1. The molecular formula is C19H27BrN2O4. The molecule has 0 fully saturated rings. The van der Waals surface area contributed by atoms with Crippen LogP contribution in [0.5, 0.6) is 0 Å². The minimum Gasteiger partial charge on any atom is -0.469 e. The zero-order valence-corrected chi connectivity index (χ0v) is 17.1. The van der Waals surface area contributed by atoms with Gasteiger partial charge in [0.25, 0.3) is 0 Å². The van der Waals surface area contributed by atoms with Gasteiger partial charge in [-0.25, -0.2) is 4.79 Å². The van der Waals surface area contributed by atoms with E-state index in [0.717, 1.165) is 17.3 Å². The molecule has 0 aromatic heterocycles. The minimum absolute atomic E-state index is 0.0694. The Labute approximate surface area is 163 Å². The van der Waals surface area contributed by atoms with Gasteiger partial charge in [0.15, 0.2) is 5.78 Å². The van der Waals surface area contributed by atoms with E-state index in [9.17, 15) is 14.4 Å². The topological polar surface area (TPSA) is 84.5 Å². The lowest BCUT2D eigenvalue weighted by Crippen LogP contribution is -2.39. The van der Waals surface area contributed by atoms with Crippen molar-refractivity contribution < 1.29 is 19.1 Å². The molecule has 7 heteroatoms. The number of ketones is 1. The summed E-state index contributed by atoms with van der Waals surface area (Å²) in [6.45, 7) is 3.82. The van der Waals surface area contributed by atoms with E-state index >= 15 is 0 Å². The summed E-state index contributed by atoms with van der Waals surface area (Å²) in [7, 11) is 1.34. The van der Waals surface area contributed by atoms with E-state index in [1.165, 1.54) is 7.11 Å². The molecule has 1 aromatic carbocycles. The Morgan fingerprint density at radius 3 is 2.15 bits per heavy atom. The molecule has 26 heavy (non-hydrogen) atoms. The summed E-state index contributed by atoms with van der Waals surface area (Å²) < 4.78 is 5.85. The quantitative estimate of drug-likeness (QED) is 0.546. The Morgan fingerprint density at radius 2 is 1.65 bits per heavy atom. The summed E-state index contributed by atoms with van der Waals surface area (Å²) in [5, 5.41) is 5.20. The van der Waals surface area contributed by atoms with E-state index in [-0.39, 0.29) is 24.7 Å². The number of rotatable bonds is 10. The first kappa shape index (κ1) is 22.2. The lowest BCUT2D eigenvalue weighted by Gasteiger charge is -2.30. The van der Waals surface area contributed by atoms with E-state index in [2.05, 4.69) is 26.6 Å². The van der Waals surface area contributed by atoms with Gasteiger partial charge in [-0.3, -0.25) is 9.59 Å². The Morgan fingerprint density at radius 1 is 1.08 bits per heavy atom. The fraction of sp³-hybridized carbons (Fsp3) is 0.526. The van der Waals surface area contributed by atoms with E-state index in [4.69, 9.17) is 4.74 Å². The number of carbonyl (C=O) groups is 3. The molecule has 0 aliphatic heterocycles. The van der Waals surface area contributed by atoms with Crippen molar-refractivity contribution in [2.45, 2.75) is 46.0 Å². The number of benzene rings is 1. The summed E-state index contributed by atoms with van der Waals surface area (Å²) in [5.74, 6) is -0.544. The SMILES string of the molecule is CCCC(CCC)(CC(=O)CNC(=O)Nc1ccc(Br)cc1)C(=O)OC. The molecule has 0 saturated carbocycles. The third-order valence-electron chi connectivity index (χ3n) is 4.16. The fourth-order valence-electron chi connectivity index (χ4n) is 3.08. The molecule has 0 saturated heterocycles. The third-order valence-corrected chi connectivity index (χ3v) is 4.69. The predicted molar refractivity (Wildman–Crippen MR) is 105 cm³/mol. The maximum Gasteiger partial charge on any atom is 0.319 e. The molecule has 0 aliphatic carbocycles. The van der Waals surface area contributed by atoms with Crippen molar-refractivity contribution in [3.8, 4) is 0 Å². The van der Waals surface area contributed by atoms with Crippen molar-refractivity contribution in [2.24, 2.45) is 5.41 Å². The van der Waals surface area contributed by atoms with Crippen LogP contribution in [0.4, 0.5) is 10.5 Å². The number of urea groups is 1. The van der Waals surface area contributed by atoms with Gasteiger partial charge in [0.2, 0.25) is 0 Å². The van der Waals surface area contributed by atoms with Crippen LogP contribution in [-0.2, 0) is 14.3 Å². The number of anilines is 1. The predicted octanol–water partition coefficient (Wildman–Crippen LogP) is 4.29. The van der Waals surface area contributed by atoms with Crippen LogP contribution >= 0.6 is 15.9 Å². The van der Waals surface area contributed by atoms with E-state index < -0.39 is 11.4 Å². The number of carbonyl (C=O) groups excluding carboxylic acids is 3. The van der Waals surface area contributed by atoms with Crippen LogP contribution in [-0.4, -0.2) is 31.4 Å². The first-order valence-electron chi connectivity index (χ1n) is 8.77. The van der Waals surface area contributed by atoms with Crippen LogP contribution in [0.15, 0.2) is 28.7 Å². The molecule has 0 atom stereocenters. The Hall–Kier alpha value is -1.89. The maximum absolute atomic E-state index is 12.4. The molecule has 2 amide bonds. The molecular weight excluding hydrogens is 400 g/mol. The molecule has 1 rings (SSSR count). The summed E-state index contributed by atoms with van der Waals surface area (Å²) in [6.07, 6.45) is 2.80. The van der Waals surface area contributed by atoms with Gasteiger partial charge < -0.3 is 15.4 Å². The Bertz CT molecular complexity index is 610. The number of hydrogen-bond acceptors (Lipinski definition) is 4. The molecule has 0 spiro atoms. The van der Waals surface area contributed by atoms with Crippen molar-refractivity contribution in [3.63, 3.8) is 0 Å². The lowest BCUT2D eigenvalue weighted by atomic mass is 9.75. The summed E-state index contributed by atoms with van der Waals surface area (Å²) in [6, 6.07) is 6.64. The van der Waals surface area contributed by atoms with Gasteiger partial charge in [0, 0.05) is 16.6 Å². The van der Waals surface area contributed by atoms with Crippen LogP contribution in [0.25, 0.3) is 0 Å². The largest absolute Gasteiger partial charge is 0.469 e.